The van der Waals surface area contributed by atoms with Crippen LogP contribution in [0, 0.1) is 5.92 Å². The second kappa shape index (κ2) is 11.6. The van der Waals surface area contributed by atoms with Crippen molar-refractivity contribution in [2.45, 2.75) is 38.6 Å². The lowest BCUT2D eigenvalue weighted by molar-refractivity contribution is -0.138. The molecule has 1 N–H and O–H groups in total. The summed E-state index contributed by atoms with van der Waals surface area (Å²) in [6.07, 6.45) is 0.737. The Labute approximate surface area is 227 Å². The Kier molecular flexibility index (Phi) is 8.29. The van der Waals surface area contributed by atoms with Gasteiger partial charge in [0.05, 0.1) is 46.1 Å². The number of carbonyl (C=O) groups is 3. The number of alkyl carbamates (subject to hydrolysis) is 1. The smallest absolute Gasteiger partial charge is 0.408 e. The van der Waals surface area contributed by atoms with Crippen molar-refractivity contribution in [1.29, 1.82) is 0 Å². The van der Waals surface area contributed by atoms with Crippen LogP contribution in [0.25, 0.3) is 0 Å². The first-order valence-electron chi connectivity index (χ1n) is 12.4. The summed E-state index contributed by atoms with van der Waals surface area (Å²) in [6, 6.07) is 10.5. The van der Waals surface area contributed by atoms with Crippen LogP contribution in [0.1, 0.15) is 31.0 Å². The van der Waals surface area contributed by atoms with Crippen molar-refractivity contribution in [3.63, 3.8) is 0 Å². The number of esters is 1. The number of hydrazine groups is 1. The number of ether oxygens (including phenoxy) is 5. The highest BCUT2D eigenvalue weighted by atomic mass is 16.6. The molecular formula is C28H33N3O8. The van der Waals surface area contributed by atoms with Gasteiger partial charge in [-0.05, 0) is 29.2 Å². The van der Waals surface area contributed by atoms with Gasteiger partial charge in [-0.15, -0.1) is 0 Å². The van der Waals surface area contributed by atoms with Crippen LogP contribution in [-0.4, -0.2) is 68.5 Å². The zero-order chi connectivity index (χ0) is 28.3. The summed E-state index contributed by atoms with van der Waals surface area (Å²) in [4.78, 5) is 39.3. The summed E-state index contributed by atoms with van der Waals surface area (Å²) in [6.45, 7) is 3.94. The average Bonchev–Trinajstić information content (AvgIpc) is 3.45. The molecule has 0 unspecified atom stereocenters. The van der Waals surface area contributed by atoms with Crippen LogP contribution in [0.3, 0.4) is 0 Å². The number of methoxy groups -OCH3 is 4. The van der Waals surface area contributed by atoms with E-state index in [4.69, 9.17) is 23.7 Å². The lowest BCUT2D eigenvalue weighted by Gasteiger charge is -2.35. The molecule has 2 aliphatic heterocycles. The molecular weight excluding hydrogens is 506 g/mol. The quantitative estimate of drug-likeness (QED) is 0.480. The minimum absolute atomic E-state index is 0.0633. The van der Waals surface area contributed by atoms with Crippen LogP contribution < -0.4 is 19.5 Å². The third-order valence-electron chi connectivity index (χ3n) is 6.80. The van der Waals surface area contributed by atoms with Crippen LogP contribution in [0.2, 0.25) is 0 Å². The van der Waals surface area contributed by atoms with Gasteiger partial charge in [-0.1, -0.05) is 44.2 Å². The molecule has 0 spiro atoms. The first-order chi connectivity index (χ1) is 18.7. The highest BCUT2D eigenvalue weighted by molar-refractivity contribution is 5.95. The Morgan fingerprint density at radius 3 is 2.15 bits per heavy atom. The fourth-order valence-corrected chi connectivity index (χ4v) is 5.07. The van der Waals surface area contributed by atoms with Gasteiger partial charge in [-0.25, -0.2) is 14.6 Å². The number of hydrogen-bond acceptors (Lipinski definition) is 9. The third kappa shape index (κ3) is 5.22. The van der Waals surface area contributed by atoms with Crippen molar-refractivity contribution in [2.75, 3.05) is 28.4 Å². The van der Waals surface area contributed by atoms with Crippen molar-refractivity contribution < 1.29 is 38.1 Å². The third-order valence-corrected chi connectivity index (χ3v) is 6.80. The summed E-state index contributed by atoms with van der Waals surface area (Å²) in [7, 11) is 5.77. The van der Waals surface area contributed by atoms with E-state index in [1.165, 1.54) is 39.6 Å². The van der Waals surface area contributed by atoms with Crippen LogP contribution in [0.15, 0.2) is 54.2 Å². The molecule has 3 atom stereocenters. The summed E-state index contributed by atoms with van der Waals surface area (Å²) >= 11 is 0. The van der Waals surface area contributed by atoms with E-state index in [1.54, 1.807) is 17.1 Å². The Morgan fingerprint density at radius 2 is 1.62 bits per heavy atom. The van der Waals surface area contributed by atoms with E-state index in [0.717, 1.165) is 5.56 Å². The largest absolute Gasteiger partial charge is 0.493 e. The van der Waals surface area contributed by atoms with Crippen LogP contribution in [-0.2, 0) is 25.7 Å². The van der Waals surface area contributed by atoms with Crippen molar-refractivity contribution in [1.82, 2.24) is 15.3 Å². The lowest BCUT2D eigenvalue weighted by atomic mass is 9.92. The molecule has 0 aromatic heterocycles. The molecule has 11 heteroatoms. The van der Waals surface area contributed by atoms with E-state index in [-0.39, 0.29) is 18.1 Å². The maximum atomic E-state index is 13.6. The van der Waals surface area contributed by atoms with Crippen molar-refractivity contribution in [2.24, 2.45) is 5.92 Å². The standard InChI is InChI=1S/C28H33N3O8/c1-16(2)23-22(29-28(34)39-15-17-10-8-7-9-11-17)26(32)30-14-19(27(33)38-6)24(31(23)30)18-12-20(35-3)25(37-5)21(13-18)36-4/h7-14,16,22-24H,15H2,1-6H3,(H,29,34)/t22-,23-,24+/m1/s1. The molecule has 4 rings (SSSR count). The Hall–Kier alpha value is -4.25. The van der Waals surface area contributed by atoms with Gasteiger partial charge in [0, 0.05) is 6.20 Å². The van der Waals surface area contributed by atoms with Crippen molar-refractivity contribution in [3.8, 4) is 17.2 Å². The van der Waals surface area contributed by atoms with E-state index in [0.29, 0.717) is 22.8 Å². The number of fused-ring (bicyclic) bond motifs is 1. The van der Waals surface area contributed by atoms with Crippen molar-refractivity contribution in [3.05, 3.63) is 65.4 Å². The molecule has 39 heavy (non-hydrogen) atoms. The highest BCUT2D eigenvalue weighted by Gasteiger charge is 2.56. The normalized spacial score (nSPS) is 20.4. The summed E-state index contributed by atoms with van der Waals surface area (Å²) in [5.74, 6) is 0.0571. The summed E-state index contributed by atoms with van der Waals surface area (Å²) in [5.41, 5.74) is 1.67. The van der Waals surface area contributed by atoms with E-state index in [2.05, 4.69) is 5.32 Å². The summed E-state index contributed by atoms with van der Waals surface area (Å²) in [5, 5.41) is 5.89. The predicted molar refractivity (Wildman–Crippen MR) is 140 cm³/mol. The first-order valence-corrected chi connectivity index (χ1v) is 12.4. The zero-order valence-electron chi connectivity index (χ0n) is 22.8. The number of amides is 2. The van der Waals surface area contributed by atoms with Crippen LogP contribution in [0.4, 0.5) is 4.79 Å². The number of carbonyl (C=O) groups excluding carboxylic acids is 3. The molecule has 2 heterocycles. The second-order valence-electron chi connectivity index (χ2n) is 9.42. The van der Waals surface area contributed by atoms with Gasteiger partial charge >= 0.3 is 12.1 Å². The van der Waals surface area contributed by atoms with Gasteiger partial charge in [0.1, 0.15) is 12.6 Å². The Bertz CT molecular complexity index is 1240. The first kappa shape index (κ1) is 27.8. The number of nitrogens with one attached hydrogen (secondary N) is 1. The Balaban J connectivity index is 1.70. The molecule has 2 aromatic carbocycles. The molecule has 0 radical (unpaired) electrons. The Morgan fingerprint density at radius 1 is 0.974 bits per heavy atom. The fraction of sp³-hybridized carbons (Fsp3) is 0.393. The summed E-state index contributed by atoms with van der Waals surface area (Å²) < 4.78 is 27.0. The minimum Gasteiger partial charge on any atom is -0.493 e. The molecule has 1 saturated heterocycles. The molecule has 208 valence electrons. The second-order valence-corrected chi connectivity index (χ2v) is 9.42. The topological polar surface area (TPSA) is 116 Å². The van der Waals surface area contributed by atoms with Gasteiger partial charge in [0.15, 0.2) is 11.5 Å². The maximum absolute atomic E-state index is 13.6. The van der Waals surface area contributed by atoms with Crippen LogP contribution >= 0.6 is 0 Å². The van der Waals surface area contributed by atoms with E-state index in [1.807, 2.05) is 44.2 Å². The van der Waals surface area contributed by atoms with Gasteiger partial charge < -0.3 is 29.0 Å². The number of benzene rings is 2. The fourth-order valence-electron chi connectivity index (χ4n) is 5.07. The molecule has 1 fully saturated rings. The van der Waals surface area contributed by atoms with E-state index in [9.17, 15) is 14.4 Å². The molecule has 2 aromatic rings. The van der Waals surface area contributed by atoms with E-state index < -0.39 is 36.1 Å². The number of rotatable bonds is 9. The predicted octanol–water partition coefficient (Wildman–Crippen LogP) is 3.20. The van der Waals surface area contributed by atoms with E-state index >= 15 is 0 Å². The lowest BCUT2D eigenvalue weighted by Crippen LogP contribution is -2.50. The van der Waals surface area contributed by atoms with Crippen molar-refractivity contribution >= 4 is 18.0 Å². The van der Waals surface area contributed by atoms with Crippen LogP contribution in [0.5, 0.6) is 17.2 Å². The zero-order valence-corrected chi connectivity index (χ0v) is 22.8. The number of nitrogens with zero attached hydrogens (tertiary/aromatic N) is 2. The number of hydrogen-bond donors (Lipinski definition) is 1. The highest BCUT2D eigenvalue weighted by Crippen LogP contribution is 2.48. The van der Waals surface area contributed by atoms with Gasteiger partial charge in [-0.2, -0.15) is 5.01 Å². The monoisotopic (exact) mass is 539 g/mol. The molecule has 0 saturated carbocycles. The van der Waals surface area contributed by atoms with Gasteiger partial charge in [0.2, 0.25) is 5.75 Å². The molecule has 0 bridgehead atoms. The maximum Gasteiger partial charge on any atom is 0.408 e. The van der Waals surface area contributed by atoms with Gasteiger partial charge in [-0.3, -0.25) is 4.79 Å². The molecule has 0 aliphatic carbocycles. The SMILES string of the molecule is COC(=O)C1=CN2C(=O)[C@H](NC(=O)OCc3ccccc3)[C@@H](C(C)C)N2[C@H]1c1cc(OC)c(OC)c(OC)c1. The molecule has 2 aliphatic rings. The average molecular weight is 540 g/mol. The minimum atomic E-state index is -0.923. The molecule has 2 amide bonds. The molecule has 11 nitrogen and oxygen atoms in total. The van der Waals surface area contributed by atoms with Gasteiger partial charge in [0.25, 0.3) is 5.91 Å².